The van der Waals surface area contributed by atoms with Gasteiger partial charge >= 0.3 is 0 Å². The van der Waals surface area contributed by atoms with Crippen molar-refractivity contribution in [3.63, 3.8) is 0 Å². The maximum atomic E-state index is 12.7. The summed E-state index contributed by atoms with van der Waals surface area (Å²) in [7, 11) is 1.53. The van der Waals surface area contributed by atoms with Crippen molar-refractivity contribution < 1.29 is 14.5 Å². The van der Waals surface area contributed by atoms with Crippen LogP contribution < -0.4 is 5.32 Å². The Bertz CT molecular complexity index is 836. The predicted molar refractivity (Wildman–Crippen MR) is 102 cm³/mol. The van der Waals surface area contributed by atoms with Crippen LogP contribution in [0.15, 0.2) is 42.5 Å². The van der Waals surface area contributed by atoms with Crippen molar-refractivity contribution >= 4 is 17.3 Å². The van der Waals surface area contributed by atoms with Gasteiger partial charge in [0, 0.05) is 43.6 Å². The molecule has 7 heteroatoms. The molecule has 0 aliphatic carbocycles. The third kappa shape index (κ3) is 4.43. The van der Waals surface area contributed by atoms with E-state index in [4.69, 9.17) is 4.74 Å². The van der Waals surface area contributed by atoms with Gasteiger partial charge in [0.2, 0.25) is 5.91 Å². The van der Waals surface area contributed by atoms with Crippen molar-refractivity contribution in [3.05, 3.63) is 69.3 Å². The lowest BCUT2D eigenvalue weighted by Gasteiger charge is -2.19. The van der Waals surface area contributed by atoms with Crippen molar-refractivity contribution in [2.24, 2.45) is 0 Å². The van der Waals surface area contributed by atoms with Gasteiger partial charge in [-0.25, -0.2) is 0 Å². The first-order chi connectivity index (χ1) is 13.0. The molecule has 1 heterocycles. The van der Waals surface area contributed by atoms with Crippen LogP contribution in [-0.2, 0) is 22.7 Å². The monoisotopic (exact) mass is 369 g/mol. The number of non-ortho nitro benzene ring substituents is 1. The van der Waals surface area contributed by atoms with Crippen LogP contribution in [0.5, 0.6) is 0 Å². The number of carbonyl (C=O) groups is 1. The molecule has 0 saturated carbocycles. The molecule has 27 heavy (non-hydrogen) atoms. The van der Waals surface area contributed by atoms with E-state index >= 15 is 0 Å². The zero-order valence-corrected chi connectivity index (χ0v) is 15.5. The molecule has 1 amide bonds. The maximum absolute atomic E-state index is 12.7. The number of nitro benzene ring substituents is 1. The van der Waals surface area contributed by atoms with E-state index < -0.39 is 4.92 Å². The highest BCUT2D eigenvalue weighted by atomic mass is 16.6. The molecule has 7 nitrogen and oxygen atoms in total. The number of amides is 1. The van der Waals surface area contributed by atoms with Gasteiger partial charge in [-0.2, -0.15) is 0 Å². The number of carbonyl (C=O) groups excluding carboxylic acids is 1. The molecule has 0 bridgehead atoms. The van der Waals surface area contributed by atoms with Crippen LogP contribution >= 0.6 is 0 Å². The summed E-state index contributed by atoms with van der Waals surface area (Å²) in [5, 5.41) is 14.2. The molecule has 0 spiro atoms. The Hall–Kier alpha value is -2.93. The number of benzene rings is 2. The highest BCUT2D eigenvalue weighted by Gasteiger charge is 2.32. The standard InChI is InChI=1S/C20H23N3O4/c1-14-3-5-15(6-4-14)12-22-10-9-19(20(22)24)21-18-8-7-17(23(25)26)11-16(18)13-27-2/h3-8,11,19,21H,9-10,12-13H2,1-2H3. The average molecular weight is 369 g/mol. The fraction of sp³-hybridized carbons (Fsp3) is 0.350. The van der Waals surface area contributed by atoms with Crippen LogP contribution in [0.4, 0.5) is 11.4 Å². The second-order valence-electron chi connectivity index (χ2n) is 6.76. The smallest absolute Gasteiger partial charge is 0.269 e. The first-order valence-corrected chi connectivity index (χ1v) is 8.85. The summed E-state index contributed by atoms with van der Waals surface area (Å²) < 4.78 is 5.15. The number of methoxy groups -OCH3 is 1. The van der Waals surface area contributed by atoms with E-state index in [9.17, 15) is 14.9 Å². The first kappa shape index (κ1) is 18.8. The molecule has 1 fully saturated rings. The largest absolute Gasteiger partial charge is 0.380 e. The zero-order valence-electron chi connectivity index (χ0n) is 15.5. The van der Waals surface area contributed by atoms with Gasteiger partial charge in [-0.05, 0) is 25.0 Å². The third-order valence-corrected chi connectivity index (χ3v) is 4.72. The molecule has 1 unspecified atom stereocenters. The molecule has 142 valence electrons. The number of nitrogens with one attached hydrogen (secondary N) is 1. The molecular formula is C20H23N3O4. The fourth-order valence-corrected chi connectivity index (χ4v) is 3.24. The van der Waals surface area contributed by atoms with Gasteiger partial charge in [-0.3, -0.25) is 14.9 Å². The van der Waals surface area contributed by atoms with E-state index in [2.05, 4.69) is 5.32 Å². The summed E-state index contributed by atoms with van der Waals surface area (Å²) in [6, 6.07) is 12.4. The normalized spacial score (nSPS) is 16.6. The van der Waals surface area contributed by atoms with Gasteiger partial charge in [-0.15, -0.1) is 0 Å². The number of anilines is 1. The van der Waals surface area contributed by atoms with Crippen LogP contribution in [0.1, 0.15) is 23.1 Å². The second kappa shape index (κ2) is 8.18. The lowest BCUT2D eigenvalue weighted by atomic mass is 10.1. The molecule has 1 aliphatic heterocycles. The van der Waals surface area contributed by atoms with Crippen LogP contribution in [0.25, 0.3) is 0 Å². The molecule has 2 aromatic carbocycles. The summed E-state index contributed by atoms with van der Waals surface area (Å²) >= 11 is 0. The Morgan fingerprint density at radius 2 is 2.00 bits per heavy atom. The molecule has 2 aromatic rings. The molecule has 1 aliphatic rings. The van der Waals surface area contributed by atoms with Crippen LogP contribution in [0, 0.1) is 17.0 Å². The van der Waals surface area contributed by atoms with Gasteiger partial charge in [0.05, 0.1) is 11.5 Å². The molecule has 1 atom stereocenters. The predicted octanol–water partition coefficient (Wildman–Crippen LogP) is 3.26. The molecule has 0 radical (unpaired) electrons. The summed E-state index contributed by atoms with van der Waals surface area (Å²) in [5.74, 6) is 0.0392. The highest BCUT2D eigenvalue weighted by molar-refractivity contribution is 5.87. The molecular weight excluding hydrogens is 346 g/mol. The summed E-state index contributed by atoms with van der Waals surface area (Å²) in [4.78, 5) is 25.1. The Balaban J connectivity index is 1.70. The highest BCUT2D eigenvalue weighted by Crippen LogP contribution is 2.26. The van der Waals surface area contributed by atoms with E-state index in [1.807, 2.05) is 36.1 Å². The number of hydrogen-bond donors (Lipinski definition) is 1. The number of rotatable bonds is 7. The first-order valence-electron chi connectivity index (χ1n) is 8.85. The Morgan fingerprint density at radius 3 is 2.67 bits per heavy atom. The van der Waals surface area contributed by atoms with E-state index in [0.29, 0.717) is 30.8 Å². The number of aryl methyl sites for hydroxylation is 1. The Kier molecular flexibility index (Phi) is 5.71. The SMILES string of the molecule is COCc1cc([N+](=O)[O-])ccc1NC1CCN(Cc2ccc(C)cc2)C1=O. The van der Waals surface area contributed by atoms with Crippen LogP contribution in [0.3, 0.4) is 0 Å². The number of ether oxygens (including phenoxy) is 1. The number of nitrogens with zero attached hydrogens (tertiary/aromatic N) is 2. The maximum Gasteiger partial charge on any atom is 0.269 e. The van der Waals surface area contributed by atoms with Gasteiger partial charge in [0.1, 0.15) is 6.04 Å². The minimum absolute atomic E-state index is 0.00588. The molecule has 3 rings (SSSR count). The van der Waals surface area contributed by atoms with Crippen molar-refractivity contribution in [1.29, 1.82) is 0 Å². The van der Waals surface area contributed by atoms with Crippen molar-refractivity contribution in [2.75, 3.05) is 19.0 Å². The number of nitro groups is 1. The van der Waals surface area contributed by atoms with Crippen molar-refractivity contribution in [3.8, 4) is 0 Å². The van der Waals surface area contributed by atoms with Gasteiger partial charge in [0.15, 0.2) is 0 Å². The Morgan fingerprint density at radius 1 is 1.26 bits per heavy atom. The Labute approximate surface area is 158 Å². The quantitative estimate of drug-likeness (QED) is 0.598. The van der Waals surface area contributed by atoms with Crippen LogP contribution in [-0.4, -0.2) is 35.4 Å². The van der Waals surface area contributed by atoms with Gasteiger partial charge in [0.25, 0.3) is 5.69 Å². The molecule has 1 saturated heterocycles. The fourth-order valence-electron chi connectivity index (χ4n) is 3.24. The van der Waals surface area contributed by atoms with Gasteiger partial charge < -0.3 is 15.0 Å². The molecule has 1 N–H and O–H groups in total. The zero-order chi connectivity index (χ0) is 19.4. The average Bonchev–Trinajstić information content (AvgIpc) is 2.98. The molecule has 0 aromatic heterocycles. The van der Waals surface area contributed by atoms with E-state index in [1.165, 1.54) is 24.8 Å². The number of hydrogen-bond acceptors (Lipinski definition) is 5. The van der Waals surface area contributed by atoms with E-state index in [-0.39, 0.29) is 24.2 Å². The minimum atomic E-state index is -0.438. The lowest BCUT2D eigenvalue weighted by Crippen LogP contribution is -2.33. The summed E-state index contributed by atoms with van der Waals surface area (Å²) in [6.07, 6.45) is 0.689. The van der Waals surface area contributed by atoms with Crippen LogP contribution in [0.2, 0.25) is 0 Å². The lowest BCUT2D eigenvalue weighted by molar-refractivity contribution is -0.384. The van der Waals surface area contributed by atoms with E-state index in [0.717, 1.165) is 5.56 Å². The van der Waals surface area contributed by atoms with Gasteiger partial charge in [-0.1, -0.05) is 29.8 Å². The van der Waals surface area contributed by atoms with Crippen molar-refractivity contribution in [1.82, 2.24) is 4.90 Å². The minimum Gasteiger partial charge on any atom is -0.380 e. The topological polar surface area (TPSA) is 84.7 Å². The van der Waals surface area contributed by atoms with Crippen molar-refractivity contribution in [2.45, 2.75) is 32.5 Å². The van der Waals surface area contributed by atoms with E-state index in [1.54, 1.807) is 6.07 Å². The second-order valence-corrected chi connectivity index (χ2v) is 6.76. The third-order valence-electron chi connectivity index (χ3n) is 4.72. The summed E-state index contributed by atoms with van der Waals surface area (Å²) in [5.41, 5.74) is 3.65. The number of likely N-dealkylation sites (tertiary alicyclic amines) is 1. The summed E-state index contributed by atoms with van der Waals surface area (Å²) in [6.45, 7) is 3.53.